The van der Waals surface area contributed by atoms with E-state index in [1.54, 1.807) is 0 Å². The largest absolute Gasteiger partial charge is 0.389 e. The van der Waals surface area contributed by atoms with Crippen molar-refractivity contribution < 1.29 is 5.11 Å². The summed E-state index contributed by atoms with van der Waals surface area (Å²) in [4.78, 5) is 0. The van der Waals surface area contributed by atoms with Crippen molar-refractivity contribution in [3.8, 4) is 0 Å². The van der Waals surface area contributed by atoms with Crippen LogP contribution in [-0.2, 0) is 13.0 Å². The molecule has 1 fully saturated rings. The van der Waals surface area contributed by atoms with Crippen LogP contribution >= 0.6 is 11.6 Å². The molecular weight excluding hydrogens is 260 g/mol. The van der Waals surface area contributed by atoms with Gasteiger partial charge < -0.3 is 5.11 Å². The van der Waals surface area contributed by atoms with Crippen molar-refractivity contribution in [3.63, 3.8) is 0 Å². The molecule has 1 saturated carbocycles. The van der Waals surface area contributed by atoms with Gasteiger partial charge in [0.1, 0.15) is 0 Å². The van der Waals surface area contributed by atoms with Crippen LogP contribution in [0.2, 0.25) is 5.02 Å². The Bertz CT molecular complexity index is 457. The summed E-state index contributed by atoms with van der Waals surface area (Å²) in [5.74, 6) is 1.02. The molecule has 0 aliphatic heterocycles. The van der Waals surface area contributed by atoms with Crippen LogP contribution in [0.1, 0.15) is 51.4 Å². The molecule has 1 aromatic heterocycles. The minimum Gasteiger partial charge on any atom is -0.389 e. The Morgan fingerprint density at radius 2 is 2.16 bits per heavy atom. The van der Waals surface area contributed by atoms with Crippen LogP contribution in [0.3, 0.4) is 0 Å². The van der Waals surface area contributed by atoms with Gasteiger partial charge >= 0.3 is 0 Å². The van der Waals surface area contributed by atoms with Crippen molar-refractivity contribution >= 4 is 11.6 Å². The molecule has 2 rings (SSSR count). The van der Waals surface area contributed by atoms with Gasteiger partial charge in [-0.05, 0) is 44.9 Å². The monoisotopic (exact) mass is 284 g/mol. The third kappa shape index (κ3) is 2.82. The zero-order valence-corrected chi connectivity index (χ0v) is 13.2. The normalized spacial score (nSPS) is 31.7. The van der Waals surface area contributed by atoms with Crippen LogP contribution in [0.4, 0.5) is 0 Å². The quantitative estimate of drug-likeness (QED) is 0.921. The lowest BCUT2D eigenvalue weighted by molar-refractivity contribution is -0.0535. The SMILES string of the molecule is CCn1nc(C)c(Cl)c1CC1(O)CCC(C)CC1C. The number of aromatic nitrogens is 2. The standard InChI is InChI=1S/C15H25ClN2O/c1-5-18-13(14(16)12(4)17-18)9-15(19)7-6-10(2)8-11(15)3/h10-11,19H,5-9H2,1-4H3. The highest BCUT2D eigenvalue weighted by Crippen LogP contribution is 2.40. The molecule has 0 aromatic carbocycles. The highest BCUT2D eigenvalue weighted by molar-refractivity contribution is 6.31. The van der Waals surface area contributed by atoms with E-state index in [1.165, 1.54) is 0 Å². The van der Waals surface area contributed by atoms with Gasteiger partial charge in [-0.1, -0.05) is 25.4 Å². The molecule has 1 aliphatic carbocycles. The summed E-state index contributed by atoms with van der Waals surface area (Å²) in [6.45, 7) is 9.20. The van der Waals surface area contributed by atoms with Crippen LogP contribution in [0.5, 0.6) is 0 Å². The van der Waals surface area contributed by atoms with Crippen molar-refractivity contribution in [1.82, 2.24) is 9.78 Å². The second kappa shape index (κ2) is 5.45. The fourth-order valence-corrected chi connectivity index (χ4v) is 3.48. The van der Waals surface area contributed by atoms with Crippen molar-refractivity contribution in [2.45, 2.75) is 65.5 Å². The Balaban J connectivity index is 2.25. The molecular formula is C15H25ClN2O. The lowest BCUT2D eigenvalue weighted by Crippen LogP contribution is -2.43. The van der Waals surface area contributed by atoms with E-state index in [1.807, 2.05) is 11.6 Å². The van der Waals surface area contributed by atoms with Crippen molar-refractivity contribution in [2.24, 2.45) is 11.8 Å². The minimum absolute atomic E-state index is 0.313. The fourth-order valence-electron chi connectivity index (χ4n) is 3.27. The molecule has 0 radical (unpaired) electrons. The topological polar surface area (TPSA) is 38.0 Å². The third-order valence-corrected chi connectivity index (χ3v) is 5.16. The molecule has 1 aromatic rings. The second-order valence-electron chi connectivity index (χ2n) is 6.22. The van der Waals surface area contributed by atoms with Gasteiger partial charge in [0, 0.05) is 13.0 Å². The maximum atomic E-state index is 11.0. The van der Waals surface area contributed by atoms with Crippen LogP contribution in [0, 0.1) is 18.8 Å². The number of halogens is 1. The van der Waals surface area contributed by atoms with E-state index >= 15 is 0 Å². The van der Waals surface area contributed by atoms with E-state index in [2.05, 4.69) is 25.9 Å². The van der Waals surface area contributed by atoms with Crippen LogP contribution in [-0.4, -0.2) is 20.5 Å². The number of aliphatic hydroxyl groups is 1. The maximum absolute atomic E-state index is 11.0. The summed E-state index contributed by atoms with van der Waals surface area (Å²) < 4.78 is 1.93. The summed E-state index contributed by atoms with van der Waals surface area (Å²) in [5, 5.41) is 16.1. The predicted octanol–water partition coefficient (Wildman–Crippen LogP) is 3.59. The first-order valence-electron chi connectivity index (χ1n) is 7.31. The Hall–Kier alpha value is -0.540. The van der Waals surface area contributed by atoms with Crippen molar-refractivity contribution in [3.05, 3.63) is 16.4 Å². The number of hydrogen-bond donors (Lipinski definition) is 1. The number of nitrogens with zero attached hydrogens (tertiary/aromatic N) is 2. The molecule has 3 unspecified atom stereocenters. The Morgan fingerprint density at radius 3 is 2.74 bits per heavy atom. The van der Waals surface area contributed by atoms with Gasteiger partial charge in [-0.2, -0.15) is 5.10 Å². The van der Waals surface area contributed by atoms with E-state index in [-0.39, 0.29) is 0 Å². The first-order valence-corrected chi connectivity index (χ1v) is 7.69. The van der Waals surface area contributed by atoms with Gasteiger partial charge in [0.25, 0.3) is 0 Å². The van der Waals surface area contributed by atoms with Crippen molar-refractivity contribution in [2.75, 3.05) is 0 Å². The van der Waals surface area contributed by atoms with Gasteiger partial charge in [-0.3, -0.25) is 4.68 Å². The second-order valence-corrected chi connectivity index (χ2v) is 6.60. The molecule has 1 heterocycles. The fraction of sp³-hybridized carbons (Fsp3) is 0.800. The van der Waals surface area contributed by atoms with Gasteiger partial charge in [0.2, 0.25) is 0 Å². The summed E-state index contributed by atoms with van der Waals surface area (Å²) in [7, 11) is 0. The molecule has 19 heavy (non-hydrogen) atoms. The molecule has 1 aliphatic rings. The maximum Gasteiger partial charge on any atom is 0.0848 e. The van der Waals surface area contributed by atoms with E-state index in [0.717, 1.165) is 42.2 Å². The number of rotatable bonds is 3. The highest BCUT2D eigenvalue weighted by Gasteiger charge is 2.39. The zero-order chi connectivity index (χ0) is 14.2. The predicted molar refractivity (Wildman–Crippen MR) is 78.5 cm³/mol. The first-order chi connectivity index (χ1) is 8.87. The van der Waals surface area contributed by atoms with Crippen LogP contribution in [0.15, 0.2) is 0 Å². The molecule has 3 nitrogen and oxygen atoms in total. The Morgan fingerprint density at radius 1 is 1.47 bits per heavy atom. The summed E-state index contributed by atoms with van der Waals surface area (Å²) in [6.07, 6.45) is 3.67. The molecule has 0 bridgehead atoms. The van der Waals surface area contributed by atoms with Crippen LogP contribution in [0.25, 0.3) is 0 Å². The molecule has 1 N–H and O–H groups in total. The summed E-state index contributed by atoms with van der Waals surface area (Å²) >= 11 is 6.36. The Kier molecular flexibility index (Phi) is 4.26. The number of aryl methyl sites for hydroxylation is 2. The Labute approximate surface area is 121 Å². The lowest BCUT2D eigenvalue weighted by Gasteiger charge is -2.41. The summed E-state index contributed by atoms with van der Waals surface area (Å²) in [5.41, 5.74) is 1.22. The average molecular weight is 285 g/mol. The van der Waals surface area contributed by atoms with E-state index in [9.17, 15) is 5.11 Å². The van der Waals surface area contributed by atoms with Gasteiger partial charge in [0.15, 0.2) is 0 Å². The van der Waals surface area contributed by atoms with E-state index in [4.69, 9.17) is 11.6 Å². The smallest absolute Gasteiger partial charge is 0.0848 e. The molecule has 4 heteroatoms. The molecule has 108 valence electrons. The molecule has 0 saturated heterocycles. The third-order valence-electron chi connectivity index (χ3n) is 4.67. The molecule has 0 amide bonds. The van der Waals surface area contributed by atoms with Crippen LogP contribution < -0.4 is 0 Å². The highest BCUT2D eigenvalue weighted by atomic mass is 35.5. The lowest BCUT2D eigenvalue weighted by atomic mass is 9.70. The molecule has 3 atom stereocenters. The van der Waals surface area contributed by atoms with E-state index in [0.29, 0.717) is 18.3 Å². The van der Waals surface area contributed by atoms with Gasteiger partial charge in [0.05, 0.1) is 22.0 Å². The van der Waals surface area contributed by atoms with Gasteiger partial charge in [-0.25, -0.2) is 0 Å². The minimum atomic E-state index is -0.629. The van der Waals surface area contributed by atoms with Crippen molar-refractivity contribution in [1.29, 1.82) is 0 Å². The molecule has 0 spiro atoms. The first kappa shape index (κ1) is 14.9. The average Bonchev–Trinajstić information content (AvgIpc) is 2.62. The zero-order valence-electron chi connectivity index (χ0n) is 12.4. The summed E-state index contributed by atoms with van der Waals surface area (Å²) in [6, 6.07) is 0. The number of hydrogen-bond acceptors (Lipinski definition) is 2. The van der Waals surface area contributed by atoms with E-state index < -0.39 is 5.60 Å². The van der Waals surface area contributed by atoms with Gasteiger partial charge in [-0.15, -0.1) is 0 Å².